The Morgan fingerprint density at radius 3 is 3.08 bits per heavy atom. The topological polar surface area (TPSA) is 71.1 Å². The number of aromatic nitrogens is 3. The van der Waals surface area contributed by atoms with Crippen molar-refractivity contribution >= 4 is 5.91 Å². The monoisotopic (exact) mass is 326 g/mol. The summed E-state index contributed by atoms with van der Waals surface area (Å²) >= 11 is 0. The number of likely N-dealkylation sites (tertiary alicyclic amines) is 1. The lowest BCUT2D eigenvalue weighted by molar-refractivity contribution is 0.0701. The molecule has 1 amide bonds. The predicted molar refractivity (Wildman–Crippen MR) is 89.3 cm³/mol. The largest absolute Gasteiger partial charge is 0.480 e. The van der Waals surface area contributed by atoms with Gasteiger partial charge in [-0.2, -0.15) is 5.10 Å². The quantitative estimate of drug-likeness (QED) is 0.939. The van der Waals surface area contributed by atoms with Gasteiger partial charge in [-0.3, -0.25) is 9.89 Å². The van der Waals surface area contributed by atoms with Gasteiger partial charge in [0.1, 0.15) is 5.56 Å². The molecule has 2 aromatic rings. The van der Waals surface area contributed by atoms with Crippen molar-refractivity contribution < 1.29 is 9.53 Å². The van der Waals surface area contributed by atoms with Crippen LogP contribution in [-0.4, -0.2) is 46.2 Å². The zero-order chi connectivity index (χ0) is 16.5. The molecule has 6 heteroatoms. The molecule has 0 spiro atoms. The third-order valence-electron chi connectivity index (χ3n) is 5.11. The molecule has 1 fully saturated rings. The van der Waals surface area contributed by atoms with Crippen LogP contribution in [0.1, 0.15) is 52.5 Å². The Morgan fingerprint density at radius 2 is 2.29 bits per heavy atom. The molecule has 4 rings (SSSR count). The van der Waals surface area contributed by atoms with Crippen LogP contribution in [0.3, 0.4) is 0 Å². The van der Waals surface area contributed by atoms with Gasteiger partial charge < -0.3 is 9.64 Å². The average molecular weight is 326 g/mol. The maximum atomic E-state index is 13.1. The van der Waals surface area contributed by atoms with E-state index >= 15 is 0 Å². The van der Waals surface area contributed by atoms with Crippen molar-refractivity contribution in [2.75, 3.05) is 20.2 Å². The number of fused-ring (bicyclic) bond motifs is 1. The van der Waals surface area contributed by atoms with E-state index in [0.717, 1.165) is 50.0 Å². The van der Waals surface area contributed by atoms with Gasteiger partial charge in [0.15, 0.2) is 0 Å². The van der Waals surface area contributed by atoms with E-state index in [0.29, 0.717) is 23.9 Å². The van der Waals surface area contributed by atoms with Gasteiger partial charge in [0, 0.05) is 36.6 Å². The minimum absolute atomic E-state index is 0.0262. The number of carbonyl (C=O) groups is 1. The van der Waals surface area contributed by atoms with Gasteiger partial charge in [-0.05, 0) is 49.8 Å². The number of ether oxygens (including phenoxy) is 1. The van der Waals surface area contributed by atoms with Crippen LogP contribution in [-0.2, 0) is 12.8 Å². The molecule has 0 bridgehead atoms. The number of aryl methyl sites for hydroxylation is 2. The van der Waals surface area contributed by atoms with Gasteiger partial charge in [0.05, 0.1) is 7.11 Å². The van der Waals surface area contributed by atoms with E-state index < -0.39 is 0 Å². The molecule has 126 valence electrons. The van der Waals surface area contributed by atoms with Crippen molar-refractivity contribution in [2.45, 2.75) is 38.0 Å². The Bertz CT molecular complexity index is 742. The number of piperidine rings is 1. The molecule has 0 saturated carbocycles. The molecule has 24 heavy (non-hydrogen) atoms. The summed E-state index contributed by atoms with van der Waals surface area (Å²) in [6, 6.07) is 3.99. The first-order chi connectivity index (χ1) is 11.8. The number of hydrogen-bond donors (Lipinski definition) is 1. The summed E-state index contributed by atoms with van der Waals surface area (Å²) in [6.07, 6.45) is 6.93. The number of aromatic amines is 1. The third-order valence-corrected chi connectivity index (χ3v) is 5.11. The van der Waals surface area contributed by atoms with Gasteiger partial charge in [-0.25, -0.2) is 4.98 Å². The number of rotatable bonds is 3. The smallest absolute Gasteiger partial charge is 0.259 e. The van der Waals surface area contributed by atoms with Crippen LogP contribution in [0.15, 0.2) is 18.3 Å². The molecule has 2 aliphatic rings. The van der Waals surface area contributed by atoms with Gasteiger partial charge >= 0.3 is 0 Å². The molecule has 3 heterocycles. The number of pyridine rings is 1. The third kappa shape index (κ3) is 2.66. The molecule has 1 unspecified atom stereocenters. The second kappa shape index (κ2) is 6.26. The van der Waals surface area contributed by atoms with Crippen LogP contribution in [0.5, 0.6) is 5.88 Å². The number of methoxy groups -OCH3 is 1. The van der Waals surface area contributed by atoms with Crippen molar-refractivity contribution in [3.63, 3.8) is 0 Å². The Labute approximate surface area is 141 Å². The first-order valence-corrected chi connectivity index (χ1v) is 8.61. The number of nitrogens with one attached hydrogen (secondary N) is 1. The van der Waals surface area contributed by atoms with Crippen LogP contribution in [0.25, 0.3) is 0 Å². The summed E-state index contributed by atoms with van der Waals surface area (Å²) in [5.41, 5.74) is 3.98. The van der Waals surface area contributed by atoms with E-state index in [4.69, 9.17) is 4.74 Å². The molecule has 1 aliphatic heterocycles. The molecular formula is C18H22N4O2. The lowest BCUT2D eigenvalue weighted by Gasteiger charge is -2.32. The molecule has 6 nitrogen and oxygen atoms in total. The Morgan fingerprint density at radius 1 is 1.38 bits per heavy atom. The van der Waals surface area contributed by atoms with Crippen molar-refractivity contribution in [1.82, 2.24) is 20.1 Å². The molecule has 2 aromatic heterocycles. The predicted octanol–water partition coefficient (Wildman–Crippen LogP) is 2.32. The number of amides is 1. The summed E-state index contributed by atoms with van der Waals surface area (Å²) in [7, 11) is 1.59. The van der Waals surface area contributed by atoms with E-state index in [9.17, 15) is 4.79 Å². The van der Waals surface area contributed by atoms with Crippen LogP contribution >= 0.6 is 0 Å². The summed E-state index contributed by atoms with van der Waals surface area (Å²) in [5, 5.41) is 7.07. The fraction of sp³-hybridized carbons (Fsp3) is 0.500. The number of nitrogens with zero attached hydrogens (tertiary/aromatic N) is 3. The summed E-state index contributed by atoms with van der Waals surface area (Å²) in [4.78, 5) is 19.6. The Balaban J connectivity index is 1.59. The fourth-order valence-electron chi connectivity index (χ4n) is 3.84. The zero-order valence-electron chi connectivity index (χ0n) is 13.9. The minimum Gasteiger partial charge on any atom is -0.480 e. The summed E-state index contributed by atoms with van der Waals surface area (Å²) in [6.45, 7) is 1.49. The maximum absolute atomic E-state index is 13.1. The van der Waals surface area contributed by atoms with Crippen LogP contribution < -0.4 is 4.74 Å². The first kappa shape index (κ1) is 15.2. The lowest BCUT2D eigenvalue weighted by atomic mass is 9.94. The first-order valence-electron chi connectivity index (χ1n) is 8.61. The van der Waals surface area contributed by atoms with Gasteiger partial charge in [0.25, 0.3) is 5.91 Å². The highest BCUT2D eigenvalue weighted by molar-refractivity contribution is 5.96. The van der Waals surface area contributed by atoms with E-state index in [1.165, 1.54) is 5.56 Å². The Hall–Kier alpha value is -2.37. The standard InChI is InChI=1S/C18H22N4O2/c1-24-17-14(10-12-4-2-6-15(12)20-17)18(23)22-9-3-5-13(11-22)16-7-8-19-21-16/h7-8,10,13H,2-6,9,11H2,1H3,(H,19,21). The minimum atomic E-state index is 0.0262. The normalized spacial score (nSPS) is 20.0. The lowest BCUT2D eigenvalue weighted by Crippen LogP contribution is -2.39. The second-order valence-corrected chi connectivity index (χ2v) is 6.61. The highest BCUT2D eigenvalue weighted by Gasteiger charge is 2.29. The average Bonchev–Trinajstić information content (AvgIpc) is 3.31. The number of hydrogen-bond acceptors (Lipinski definition) is 4. The van der Waals surface area contributed by atoms with Crippen LogP contribution in [0, 0.1) is 0 Å². The molecule has 1 aliphatic carbocycles. The SMILES string of the molecule is COc1nc2c(cc1C(=O)N1CCCC(c3ccn[nH]3)C1)CCC2. The molecule has 1 saturated heterocycles. The van der Waals surface area contributed by atoms with Crippen molar-refractivity contribution in [3.05, 3.63) is 40.8 Å². The maximum Gasteiger partial charge on any atom is 0.259 e. The van der Waals surface area contributed by atoms with Crippen LogP contribution in [0.4, 0.5) is 0 Å². The zero-order valence-corrected chi connectivity index (χ0v) is 13.9. The number of H-pyrrole nitrogens is 1. The molecule has 0 aromatic carbocycles. The van der Waals surface area contributed by atoms with Gasteiger partial charge in [-0.15, -0.1) is 0 Å². The molecule has 1 N–H and O–H groups in total. The fourth-order valence-corrected chi connectivity index (χ4v) is 3.84. The van der Waals surface area contributed by atoms with Gasteiger partial charge in [0.2, 0.25) is 5.88 Å². The second-order valence-electron chi connectivity index (χ2n) is 6.61. The van der Waals surface area contributed by atoms with E-state index in [-0.39, 0.29) is 5.91 Å². The van der Waals surface area contributed by atoms with Crippen molar-refractivity contribution in [2.24, 2.45) is 0 Å². The summed E-state index contributed by atoms with van der Waals surface area (Å²) in [5.74, 6) is 0.807. The van der Waals surface area contributed by atoms with E-state index in [1.54, 1.807) is 13.3 Å². The van der Waals surface area contributed by atoms with Crippen molar-refractivity contribution in [1.29, 1.82) is 0 Å². The molecule has 0 radical (unpaired) electrons. The summed E-state index contributed by atoms with van der Waals surface area (Å²) < 4.78 is 5.41. The van der Waals surface area contributed by atoms with E-state index in [1.807, 2.05) is 17.0 Å². The van der Waals surface area contributed by atoms with Crippen molar-refractivity contribution in [3.8, 4) is 5.88 Å². The number of carbonyl (C=O) groups excluding carboxylic acids is 1. The molecular weight excluding hydrogens is 304 g/mol. The Kier molecular flexibility index (Phi) is 3.96. The highest BCUT2D eigenvalue weighted by Crippen LogP contribution is 2.30. The van der Waals surface area contributed by atoms with Crippen LogP contribution in [0.2, 0.25) is 0 Å². The highest BCUT2D eigenvalue weighted by atomic mass is 16.5. The van der Waals surface area contributed by atoms with Gasteiger partial charge in [-0.1, -0.05) is 0 Å². The van der Waals surface area contributed by atoms with E-state index in [2.05, 4.69) is 15.2 Å². The molecule has 1 atom stereocenters.